The molecule has 3 aromatic rings. The summed E-state index contributed by atoms with van der Waals surface area (Å²) < 4.78 is 20.0. The molecular weight excluding hydrogens is 363 g/mol. The lowest BCUT2D eigenvalue weighted by atomic mass is 10.2. The maximum Gasteiger partial charge on any atom is 0.175 e. The van der Waals surface area contributed by atoms with Gasteiger partial charge in [-0.1, -0.05) is 59.1 Å². The number of nitrogens with zero attached hydrogens (tertiary/aromatic N) is 2. The van der Waals surface area contributed by atoms with Crippen molar-refractivity contribution in [3.8, 4) is 5.75 Å². The lowest BCUT2D eigenvalue weighted by Gasteiger charge is -2.02. The number of benzene rings is 2. The van der Waals surface area contributed by atoms with Gasteiger partial charge in [0.15, 0.2) is 8.68 Å². The lowest BCUT2D eigenvalue weighted by Crippen LogP contribution is -1.85. The van der Waals surface area contributed by atoms with Crippen LogP contribution in [0.25, 0.3) is 0 Å². The number of methoxy groups -OCH3 is 1. The fraction of sp³-hybridized carbons (Fsp3) is 0.176. The summed E-state index contributed by atoms with van der Waals surface area (Å²) in [6.07, 6.45) is 0. The minimum Gasteiger partial charge on any atom is -0.497 e. The molecule has 0 aliphatic heterocycles. The fourth-order valence-electron chi connectivity index (χ4n) is 1.95. The minimum absolute atomic E-state index is 0.212. The molecular formula is C17H15FN2OS3. The number of thioether (sulfide) groups is 2. The van der Waals surface area contributed by atoms with Crippen LogP contribution >= 0.6 is 34.9 Å². The molecule has 24 heavy (non-hydrogen) atoms. The number of rotatable bonds is 7. The van der Waals surface area contributed by atoms with E-state index in [1.54, 1.807) is 54.1 Å². The second-order valence-electron chi connectivity index (χ2n) is 4.89. The average molecular weight is 379 g/mol. The van der Waals surface area contributed by atoms with Crippen molar-refractivity contribution in [3.05, 3.63) is 65.5 Å². The molecule has 0 radical (unpaired) electrons. The van der Waals surface area contributed by atoms with Crippen molar-refractivity contribution in [2.24, 2.45) is 0 Å². The van der Waals surface area contributed by atoms with Crippen LogP contribution in [0, 0.1) is 5.82 Å². The second-order valence-corrected chi connectivity index (χ2v) is 8.31. The van der Waals surface area contributed by atoms with Gasteiger partial charge in [-0.15, -0.1) is 10.2 Å². The highest BCUT2D eigenvalue weighted by Gasteiger charge is 2.07. The molecule has 3 nitrogen and oxygen atoms in total. The summed E-state index contributed by atoms with van der Waals surface area (Å²) in [5.74, 6) is 2.24. The first kappa shape index (κ1) is 17.3. The Bertz CT molecular complexity index is 793. The van der Waals surface area contributed by atoms with Crippen molar-refractivity contribution >= 4 is 34.9 Å². The van der Waals surface area contributed by atoms with Crippen LogP contribution in [0.2, 0.25) is 0 Å². The Balaban J connectivity index is 1.52. The van der Waals surface area contributed by atoms with E-state index >= 15 is 0 Å². The third kappa shape index (κ3) is 4.96. The van der Waals surface area contributed by atoms with Crippen LogP contribution in [0.5, 0.6) is 5.75 Å². The zero-order valence-electron chi connectivity index (χ0n) is 12.9. The van der Waals surface area contributed by atoms with Crippen molar-refractivity contribution in [1.29, 1.82) is 0 Å². The maximum atomic E-state index is 12.9. The fourth-order valence-corrected chi connectivity index (χ4v) is 4.87. The Morgan fingerprint density at radius 1 is 0.958 bits per heavy atom. The molecule has 0 atom stereocenters. The maximum absolute atomic E-state index is 12.9. The first-order valence-corrected chi connectivity index (χ1v) is 9.98. The van der Waals surface area contributed by atoms with Crippen LogP contribution in [-0.4, -0.2) is 17.3 Å². The van der Waals surface area contributed by atoms with Crippen molar-refractivity contribution < 1.29 is 9.13 Å². The third-order valence-electron chi connectivity index (χ3n) is 3.16. The van der Waals surface area contributed by atoms with E-state index in [0.29, 0.717) is 0 Å². The van der Waals surface area contributed by atoms with Crippen LogP contribution in [0.4, 0.5) is 4.39 Å². The number of ether oxygens (including phenoxy) is 1. The first-order chi connectivity index (χ1) is 11.7. The molecule has 0 saturated carbocycles. The lowest BCUT2D eigenvalue weighted by molar-refractivity contribution is 0.414. The third-order valence-corrected chi connectivity index (χ3v) is 6.49. The van der Waals surface area contributed by atoms with Crippen molar-refractivity contribution in [3.63, 3.8) is 0 Å². The Morgan fingerprint density at radius 3 is 2.29 bits per heavy atom. The van der Waals surface area contributed by atoms with Crippen LogP contribution in [0.1, 0.15) is 11.1 Å². The molecule has 0 unspecified atom stereocenters. The van der Waals surface area contributed by atoms with Gasteiger partial charge >= 0.3 is 0 Å². The van der Waals surface area contributed by atoms with Gasteiger partial charge in [-0.3, -0.25) is 0 Å². The molecule has 124 valence electrons. The molecule has 1 aromatic heterocycles. The largest absolute Gasteiger partial charge is 0.497 e. The van der Waals surface area contributed by atoms with Gasteiger partial charge in [0.2, 0.25) is 0 Å². The van der Waals surface area contributed by atoms with Gasteiger partial charge in [-0.05, 0) is 35.4 Å². The van der Waals surface area contributed by atoms with Gasteiger partial charge in [-0.2, -0.15) is 0 Å². The van der Waals surface area contributed by atoms with Crippen LogP contribution < -0.4 is 4.74 Å². The number of hydrogen-bond acceptors (Lipinski definition) is 6. The Morgan fingerprint density at radius 2 is 1.62 bits per heavy atom. The Kier molecular flexibility index (Phi) is 6.12. The monoisotopic (exact) mass is 378 g/mol. The molecule has 2 aromatic carbocycles. The quantitative estimate of drug-likeness (QED) is 0.523. The van der Waals surface area contributed by atoms with Gasteiger partial charge in [0.25, 0.3) is 0 Å². The predicted molar refractivity (Wildman–Crippen MR) is 98.4 cm³/mol. The highest BCUT2D eigenvalue weighted by molar-refractivity contribution is 8.02. The molecule has 7 heteroatoms. The van der Waals surface area contributed by atoms with Gasteiger partial charge in [-0.25, -0.2) is 4.39 Å². The minimum atomic E-state index is -0.212. The molecule has 3 rings (SSSR count). The standard InChI is InChI=1S/C17H15FN2OS3/c1-21-15-4-2-3-13(9-15)11-23-17-20-19-16(24-17)22-10-12-5-7-14(18)8-6-12/h2-9H,10-11H2,1H3. The zero-order chi connectivity index (χ0) is 16.8. The van der Waals surface area contributed by atoms with Crippen LogP contribution in [0.15, 0.2) is 57.2 Å². The molecule has 0 bridgehead atoms. The summed E-state index contributed by atoms with van der Waals surface area (Å²) in [6.45, 7) is 0. The number of hydrogen-bond donors (Lipinski definition) is 0. The van der Waals surface area contributed by atoms with E-state index in [1.165, 1.54) is 17.7 Å². The first-order valence-electron chi connectivity index (χ1n) is 7.19. The molecule has 0 aliphatic rings. The van der Waals surface area contributed by atoms with E-state index in [-0.39, 0.29) is 5.82 Å². The molecule has 0 N–H and O–H groups in total. The van der Waals surface area contributed by atoms with Crippen molar-refractivity contribution in [2.45, 2.75) is 20.2 Å². The topological polar surface area (TPSA) is 35.0 Å². The molecule has 0 saturated heterocycles. The smallest absolute Gasteiger partial charge is 0.175 e. The molecule has 1 heterocycles. The van der Waals surface area contributed by atoms with E-state index in [4.69, 9.17) is 4.74 Å². The second kappa shape index (κ2) is 8.50. The van der Waals surface area contributed by atoms with Crippen molar-refractivity contribution in [2.75, 3.05) is 7.11 Å². The van der Waals surface area contributed by atoms with E-state index in [1.807, 2.05) is 18.2 Å². The normalized spacial score (nSPS) is 10.8. The Labute approximate surface area is 152 Å². The van der Waals surface area contributed by atoms with Gasteiger partial charge in [0.1, 0.15) is 11.6 Å². The summed E-state index contributed by atoms with van der Waals surface area (Å²) in [4.78, 5) is 0. The molecule has 0 amide bonds. The summed E-state index contributed by atoms with van der Waals surface area (Å²) in [7, 11) is 1.67. The van der Waals surface area contributed by atoms with Crippen molar-refractivity contribution in [1.82, 2.24) is 10.2 Å². The van der Waals surface area contributed by atoms with Crippen LogP contribution in [-0.2, 0) is 11.5 Å². The van der Waals surface area contributed by atoms with E-state index < -0.39 is 0 Å². The van der Waals surface area contributed by atoms with Gasteiger partial charge in [0.05, 0.1) is 7.11 Å². The summed E-state index contributed by atoms with van der Waals surface area (Å²) in [5.41, 5.74) is 2.26. The average Bonchev–Trinajstić information content (AvgIpc) is 3.08. The van der Waals surface area contributed by atoms with Crippen LogP contribution in [0.3, 0.4) is 0 Å². The zero-order valence-corrected chi connectivity index (χ0v) is 15.4. The summed E-state index contributed by atoms with van der Waals surface area (Å²) in [6, 6.07) is 14.6. The Hall–Kier alpha value is -1.57. The SMILES string of the molecule is COc1cccc(CSc2nnc(SCc3ccc(F)cc3)s2)c1. The number of aromatic nitrogens is 2. The van der Waals surface area contributed by atoms with E-state index in [9.17, 15) is 4.39 Å². The predicted octanol–water partition coefficient (Wildman–Crippen LogP) is 5.27. The summed E-state index contributed by atoms with van der Waals surface area (Å²) >= 11 is 4.86. The molecule has 0 spiro atoms. The summed E-state index contributed by atoms with van der Waals surface area (Å²) in [5, 5.41) is 8.43. The van der Waals surface area contributed by atoms with Gasteiger partial charge in [0, 0.05) is 11.5 Å². The molecule has 0 aliphatic carbocycles. The van der Waals surface area contributed by atoms with E-state index in [0.717, 1.165) is 31.5 Å². The highest BCUT2D eigenvalue weighted by atomic mass is 32.2. The highest BCUT2D eigenvalue weighted by Crippen LogP contribution is 2.32. The molecule has 0 fully saturated rings. The number of halogens is 1. The van der Waals surface area contributed by atoms with E-state index in [2.05, 4.69) is 16.3 Å². The van der Waals surface area contributed by atoms with Gasteiger partial charge < -0.3 is 4.74 Å².